The SMILES string of the molecule is CNCC(C)[N+](=O)[O-]. The Bertz CT molecular complexity index is 84.1. The Morgan fingerprint density at radius 3 is 2.50 bits per heavy atom. The van der Waals surface area contributed by atoms with Crippen molar-refractivity contribution >= 4 is 0 Å². The second-order valence-electron chi connectivity index (χ2n) is 1.69. The predicted octanol–water partition coefficient (Wildman–Crippen LogP) is -0.129. The molecule has 0 aromatic rings. The van der Waals surface area contributed by atoms with E-state index in [-0.39, 0.29) is 4.92 Å². The lowest BCUT2D eigenvalue weighted by Crippen LogP contribution is -2.27. The van der Waals surface area contributed by atoms with E-state index in [1.807, 2.05) is 0 Å². The summed E-state index contributed by atoms with van der Waals surface area (Å²) in [5.41, 5.74) is 0. The minimum Gasteiger partial charge on any atom is -0.314 e. The van der Waals surface area contributed by atoms with Gasteiger partial charge in [0.1, 0.15) is 0 Å². The molecule has 0 aliphatic rings. The smallest absolute Gasteiger partial charge is 0.222 e. The first kappa shape index (κ1) is 7.36. The van der Waals surface area contributed by atoms with E-state index in [9.17, 15) is 10.1 Å². The number of likely N-dealkylation sites (N-methyl/N-ethyl adjacent to an activating group) is 1. The fourth-order valence-electron chi connectivity index (χ4n) is 0.370. The zero-order chi connectivity index (χ0) is 6.57. The number of hydrogen-bond acceptors (Lipinski definition) is 3. The zero-order valence-electron chi connectivity index (χ0n) is 5.05. The van der Waals surface area contributed by atoms with Crippen LogP contribution < -0.4 is 5.32 Å². The molecule has 0 aliphatic carbocycles. The average molecular weight is 118 g/mol. The molecule has 1 unspecified atom stereocenters. The number of nitrogens with one attached hydrogen (secondary N) is 1. The average Bonchev–Trinajstić information content (AvgIpc) is 1.67. The lowest BCUT2D eigenvalue weighted by molar-refractivity contribution is -0.515. The summed E-state index contributed by atoms with van der Waals surface area (Å²) in [5.74, 6) is 0. The topological polar surface area (TPSA) is 55.2 Å². The standard InChI is InChI=1S/C4H10N2O2/c1-4(3-5-2)6(7)8/h4-5H,3H2,1-2H3. The fourth-order valence-corrected chi connectivity index (χ4v) is 0.370. The van der Waals surface area contributed by atoms with Crippen molar-refractivity contribution in [1.29, 1.82) is 0 Å². The van der Waals surface area contributed by atoms with Crippen molar-refractivity contribution in [3.63, 3.8) is 0 Å². The highest BCUT2D eigenvalue weighted by Gasteiger charge is 2.08. The molecule has 1 N–H and O–H groups in total. The van der Waals surface area contributed by atoms with Crippen LogP contribution in [0.4, 0.5) is 0 Å². The summed E-state index contributed by atoms with van der Waals surface area (Å²) in [7, 11) is 1.69. The highest BCUT2D eigenvalue weighted by atomic mass is 16.6. The molecule has 8 heavy (non-hydrogen) atoms. The first-order valence-corrected chi connectivity index (χ1v) is 2.46. The summed E-state index contributed by atoms with van der Waals surface area (Å²) in [4.78, 5) is 9.55. The molecular formula is C4H10N2O2. The second kappa shape index (κ2) is 3.37. The van der Waals surface area contributed by atoms with Crippen molar-refractivity contribution in [2.24, 2.45) is 0 Å². The Morgan fingerprint density at radius 1 is 1.88 bits per heavy atom. The van der Waals surface area contributed by atoms with E-state index in [1.165, 1.54) is 0 Å². The van der Waals surface area contributed by atoms with Crippen molar-refractivity contribution < 1.29 is 4.92 Å². The summed E-state index contributed by atoms with van der Waals surface area (Å²) < 4.78 is 0. The van der Waals surface area contributed by atoms with E-state index in [1.54, 1.807) is 14.0 Å². The maximum atomic E-state index is 9.85. The number of hydrogen-bond donors (Lipinski definition) is 1. The molecule has 0 saturated heterocycles. The molecule has 0 rings (SSSR count). The van der Waals surface area contributed by atoms with Gasteiger partial charge in [0, 0.05) is 11.8 Å². The largest absolute Gasteiger partial charge is 0.314 e. The van der Waals surface area contributed by atoms with Gasteiger partial charge in [0.25, 0.3) is 0 Å². The minimum atomic E-state index is -0.472. The zero-order valence-corrected chi connectivity index (χ0v) is 5.05. The molecule has 0 saturated carbocycles. The van der Waals surface area contributed by atoms with E-state index in [4.69, 9.17) is 0 Å². The van der Waals surface area contributed by atoms with E-state index < -0.39 is 6.04 Å². The normalized spacial score (nSPS) is 13.2. The van der Waals surface area contributed by atoms with Gasteiger partial charge in [-0.05, 0) is 7.05 Å². The van der Waals surface area contributed by atoms with Crippen LogP contribution in [-0.2, 0) is 0 Å². The van der Waals surface area contributed by atoms with Crippen LogP contribution in [0.1, 0.15) is 6.92 Å². The quantitative estimate of drug-likeness (QED) is 0.415. The van der Waals surface area contributed by atoms with Gasteiger partial charge in [0.2, 0.25) is 6.04 Å². The number of nitrogens with zero attached hydrogens (tertiary/aromatic N) is 1. The van der Waals surface area contributed by atoms with E-state index >= 15 is 0 Å². The van der Waals surface area contributed by atoms with Crippen LogP contribution in [0.5, 0.6) is 0 Å². The van der Waals surface area contributed by atoms with Gasteiger partial charge >= 0.3 is 0 Å². The van der Waals surface area contributed by atoms with Crippen molar-refractivity contribution in [1.82, 2.24) is 5.32 Å². The van der Waals surface area contributed by atoms with Gasteiger partial charge in [0.05, 0.1) is 6.54 Å². The third kappa shape index (κ3) is 2.52. The van der Waals surface area contributed by atoms with Crippen LogP contribution in [0.25, 0.3) is 0 Å². The first-order chi connectivity index (χ1) is 3.68. The van der Waals surface area contributed by atoms with Gasteiger partial charge < -0.3 is 5.32 Å². The molecule has 48 valence electrons. The van der Waals surface area contributed by atoms with Gasteiger partial charge in [-0.25, -0.2) is 0 Å². The van der Waals surface area contributed by atoms with Gasteiger partial charge in [-0.15, -0.1) is 0 Å². The van der Waals surface area contributed by atoms with Crippen LogP contribution in [0, 0.1) is 10.1 Å². The highest BCUT2D eigenvalue weighted by Crippen LogP contribution is 1.82. The number of rotatable bonds is 3. The molecule has 4 heteroatoms. The molecule has 4 nitrogen and oxygen atoms in total. The number of nitro groups is 1. The lowest BCUT2D eigenvalue weighted by Gasteiger charge is -1.99. The third-order valence-electron chi connectivity index (χ3n) is 0.859. The molecule has 0 aliphatic heterocycles. The van der Waals surface area contributed by atoms with Crippen molar-refractivity contribution in [3.05, 3.63) is 10.1 Å². The van der Waals surface area contributed by atoms with Crippen LogP contribution in [-0.4, -0.2) is 24.6 Å². The van der Waals surface area contributed by atoms with E-state index in [0.717, 1.165) is 0 Å². The summed E-state index contributed by atoms with van der Waals surface area (Å²) in [5, 5.41) is 12.6. The Hall–Kier alpha value is -0.640. The van der Waals surface area contributed by atoms with Gasteiger partial charge in [0.15, 0.2) is 0 Å². The Labute approximate surface area is 48.0 Å². The molecule has 0 aromatic heterocycles. The fraction of sp³-hybridized carbons (Fsp3) is 1.00. The van der Waals surface area contributed by atoms with Crippen LogP contribution in [0.2, 0.25) is 0 Å². The molecule has 0 heterocycles. The van der Waals surface area contributed by atoms with Crippen molar-refractivity contribution in [3.8, 4) is 0 Å². The molecule has 0 fully saturated rings. The maximum Gasteiger partial charge on any atom is 0.222 e. The van der Waals surface area contributed by atoms with Gasteiger partial charge in [-0.3, -0.25) is 10.1 Å². The van der Waals surface area contributed by atoms with Crippen molar-refractivity contribution in [2.45, 2.75) is 13.0 Å². The minimum absolute atomic E-state index is 0.309. The summed E-state index contributed by atoms with van der Waals surface area (Å²) in [6.07, 6.45) is 0. The van der Waals surface area contributed by atoms with E-state index in [0.29, 0.717) is 6.54 Å². The monoisotopic (exact) mass is 118 g/mol. The molecule has 0 amide bonds. The molecule has 1 atom stereocenters. The highest BCUT2D eigenvalue weighted by molar-refractivity contribution is 4.47. The molecule has 0 radical (unpaired) electrons. The van der Waals surface area contributed by atoms with Crippen molar-refractivity contribution in [2.75, 3.05) is 13.6 Å². The van der Waals surface area contributed by atoms with Crippen LogP contribution in [0.3, 0.4) is 0 Å². The van der Waals surface area contributed by atoms with Gasteiger partial charge in [-0.2, -0.15) is 0 Å². The summed E-state index contributed by atoms with van der Waals surface area (Å²) >= 11 is 0. The first-order valence-electron chi connectivity index (χ1n) is 2.46. The molecule has 0 bridgehead atoms. The predicted molar refractivity (Wildman–Crippen MR) is 30.4 cm³/mol. The molecule has 0 aromatic carbocycles. The van der Waals surface area contributed by atoms with E-state index in [2.05, 4.69) is 5.32 Å². The Morgan fingerprint density at radius 2 is 2.38 bits per heavy atom. The molecular weight excluding hydrogens is 108 g/mol. The summed E-state index contributed by atoms with van der Waals surface area (Å²) in [6, 6.07) is -0.472. The maximum absolute atomic E-state index is 9.85. The van der Waals surface area contributed by atoms with Gasteiger partial charge in [-0.1, -0.05) is 0 Å². The Balaban J connectivity index is 3.32. The van der Waals surface area contributed by atoms with Crippen LogP contribution >= 0.6 is 0 Å². The second-order valence-corrected chi connectivity index (χ2v) is 1.69. The Kier molecular flexibility index (Phi) is 3.10. The molecule has 0 spiro atoms. The van der Waals surface area contributed by atoms with Crippen LogP contribution in [0.15, 0.2) is 0 Å². The third-order valence-corrected chi connectivity index (χ3v) is 0.859. The summed E-state index contributed by atoms with van der Waals surface area (Å²) in [6.45, 7) is 2.00. The lowest BCUT2D eigenvalue weighted by atomic mass is 10.4.